The summed E-state index contributed by atoms with van der Waals surface area (Å²) >= 11 is 0. The van der Waals surface area contributed by atoms with Crippen LogP contribution in [-0.4, -0.2) is 36.3 Å². The lowest BCUT2D eigenvalue weighted by Gasteiger charge is -2.30. The number of piperidine rings is 1. The summed E-state index contributed by atoms with van der Waals surface area (Å²) in [6.45, 7) is 2.79. The van der Waals surface area contributed by atoms with Crippen molar-refractivity contribution in [3.05, 3.63) is 42.0 Å². The Kier molecular flexibility index (Phi) is 3.90. The van der Waals surface area contributed by atoms with Gasteiger partial charge in [0.2, 0.25) is 0 Å². The number of hydrogen-bond donors (Lipinski definition) is 1. The first-order valence-corrected chi connectivity index (χ1v) is 7.23. The van der Waals surface area contributed by atoms with Crippen LogP contribution in [-0.2, 0) is 6.54 Å². The van der Waals surface area contributed by atoms with E-state index in [4.69, 9.17) is 4.74 Å². The molecule has 0 unspecified atom stereocenters. The molecule has 0 amide bonds. The second-order valence-corrected chi connectivity index (χ2v) is 5.47. The fourth-order valence-corrected chi connectivity index (χ4v) is 2.97. The minimum Gasteiger partial charge on any atom is -0.496 e. The number of methoxy groups -OCH3 is 1. The lowest BCUT2D eigenvalue weighted by Crippen LogP contribution is -2.35. The monoisotopic (exact) mass is 271 g/mol. The molecule has 0 atom stereocenters. The summed E-state index contributed by atoms with van der Waals surface area (Å²) in [5, 5.41) is 12.1. The number of nitrogens with zero attached hydrogens (tertiary/aromatic N) is 1. The maximum Gasteiger partial charge on any atom is 0.123 e. The Hall–Kier alpha value is -1.58. The Morgan fingerprint density at radius 1 is 1.15 bits per heavy atom. The van der Waals surface area contributed by atoms with Crippen molar-refractivity contribution in [3.8, 4) is 5.75 Å². The van der Waals surface area contributed by atoms with Gasteiger partial charge in [0.15, 0.2) is 0 Å². The fourth-order valence-electron chi connectivity index (χ4n) is 2.97. The maximum absolute atomic E-state index is 9.61. The topological polar surface area (TPSA) is 32.7 Å². The van der Waals surface area contributed by atoms with Crippen LogP contribution in [0.1, 0.15) is 18.4 Å². The molecule has 0 spiro atoms. The number of aliphatic hydroxyl groups is 1. The van der Waals surface area contributed by atoms with Crippen molar-refractivity contribution < 1.29 is 9.84 Å². The van der Waals surface area contributed by atoms with Gasteiger partial charge in [-0.25, -0.2) is 0 Å². The summed E-state index contributed by atoms with van der Waals surface area (Å²) in [5.41, 5.74) is 1.25. The number of hydrogen-bond acceptors (Lipinski definition) is 3. The van der Waals surface area contributed by atoms with Gasteiger partial charge in [-0.1, -0.05) is 30.3 Å². The van der Waals surface area contributed by atoms with Crippen LogP contribution in [0, 0.1) is 0 Å². The molecule has 1 fully saturated rings. The summed E-state index contributed by atoms with van der Waals surface area (Å²) < 4.78 is 5.54. The number of fused-ring (bicyclic) bond motifs is 1. The molecule has 3 nitrogen and oxygen atoms in total. The smallest absolute Gasteiger partial charge is 0.123 e. The van der Waals surface area contributed by atoms with Crippen molar-refractivity contribution in [2.45, 2.75) is 25.5 Å². The van der Waals surface area contributed by atoms with Crippen LogP contribution in [0.5, 0.6) is 5.75 Å². The third-order valence-corrected chi connectivity index (χ3v) is 4.16. The summed E-state index contributed by atoms with van der Waals surface area (Å²) in [4.78, 5) is 2.40. The van der Waals surface area contributed by atoms with Gasteiger partial charge in [0.1, 0.15) is 5.75 Å². The van der Waals surface area contributed by atoms with Crippen molar-refractivity contribution in [2.24, 2.45) is 0 Å². The predicted molar refractivity (Wildman–Crippen MR) is 81.0 cm³/mol. The maximum atomic E-state index is 9.61. The van der Waals surface area contributed by atoms with Crippen LogP contribution in [0.15, 0.2) is 36.4 Å². The van der Waals surface area contributed by atoms with E-state index >= 15 is 0 Å². The minimum atomic E-state index is -0.124. The Labute approximate surface area is 119 Å². The van der Waals surface area contributed by atoms with Crippen LogP contribution < -0.4 is 4.74 Å². The van der Waals surface area contributed by atoms with Gasteiger partial charge >= 0.3 is 0 Å². The van der Waals surface area contributed by atoms with Crippen molar-refractivity contribution in [2.75, 3.05) is 20.2 Å². The lowest BCUT2D eigenvalue weighted by molar-refractivity contribution is 0.0791. The molecule has 2 aromatic rings. The quantitative estimate of drug-likeness (QED) is 0.931. The molecular formula is C17H21NO2. The van der Waals surface area contributed by atoms with E-state index in [2.05, 4.69) is 41.3 Å². The summed E-state index contributed by atoms with van der Waals surface area (Å²) in [6.07, 6.45) is 1.61. The normalized spacial score (nSPS) is 17.5. The number of aliphatic hydroxyl groups excluding tert-OH is 1. The van der Waals surface area contributed by atoms with Gasteiger partial charge in [0.05, 0.1) is 13.2 Å². The zero-order valence-electron chi connectivity index (χ0n) is 11.9. The highest BCUT2D eigenvalue weighted by Gasteiger charge is 2.19. The standard InChI is InChI=1S/C17H21NO2/c1-20-17-7-6-13-4-2-3-5-15(13)16(17)12-18-10-8-14(19)9-11-18/h2-7,14,19H,8-12H2,1H3. The zero-order chi connectivity index (χ0) is 13.9. The highest BCUT2D eigenvalue weighted by Crippen LogP contribution is 2.29. The van der Waals surface area contributed by atoms with Crippen LogP contribution in [0.25, 0.3) is 10.8 Å². The van der Waals surface area contributed by atoms with Gasteiger partial charge < -0.3 is 9.84 Å². The Morgan fingerprint density at radius 2 is 1.90 bits per heavy atom. The minimum absolute atomic E-state index is 0.124. The van der Waals surface area contributed by atoms with Crippen molar-refractivity contribution in [3.63, 3.8) is 0 Å². The molecule has 1 N–H and O–H groups in total. The first-order valence-electron chi connectivity index (χ1n) is 7.23. The predicted octanol–water partition coefficient (Wildman–Crippen LogP) is 2.81. The highest BCUT2D eigenvalue weighted by atomic mass is 16.5. The number of benzene rings is 2. The third kappa shape index (κ3) is 2.65. The van der Waals surface area contributed by atoms with E-state index in [0.29, 0.717) is 0 Å². The Balaban J connectivity index is 1.92. The molecule has 1 aliphatic heterocycles. The van der Waals surface area contributed by atoms with Crippen molar-refractivity contribution in [1.82, 2.24) is 4.90 Å². The van der Waals surface area contributed by atoms with E-state index < -0.39 is 0 Å². The van der Waals surface area contributed by atoms with Crippen molar-refractivity contribution in [1.29, 1.82) is 0 Å². The van der Waals surface area contributed by atoms with Crippen molar-refractivity contribution >= 4 is 10.8 Å². The van der Waals surface area contributed by atoms with E-state index in [-0.39, 0.29) is 6.10 Å². The van der Waals surface area contributed by atoms with Crippen LogP contribution in [0.4, 0.5) is 0 Å². The molecule has 2 aromatic carbocycles. The van der Waals surface area contributed by atoms with E-state index in [1.807, 2.05) is 0 Å². The summed E-state index contributed by atoms with van der Waals surface area (Å²) in [5.74, 6) is 0.954. The highest BCUT2D eigenvalue weighted by molar-refractivity contribution is 5.87. The summed E-state index contributed by atoms with van der Waals surface area (Å²) in [7, 11) is 1.73. The lowest BCUT2D eigenvalue weighted by atomic mass is 10.0. The molecule has 0 saturated carbocycles. The molecular weight excluding hydrogens is 250 g/mol. The molecule has 106 valence electrons. The van der Waals surface area contributed by atoms with Gasteiger partial charge in [-0.3, -0.25) is 4.90 Å². The SMILES string of the molecule is COc1ccc2ccccc2c1CN1CCC(O)CC1. The molecule has 0 bridgehead atoms. The molecule has 1 saturated heterocycles. The van der Waals surface area contributed by atoms with Crippen LogP contribution >= 0.6 is 0 Å². The fraction of sp³-hybridized carbons (Fsp3) is 0.412. The van der Waals surface area contributed by atoms with Crippen LogP contribution in [0.3, 0.4) is 0 Å². The average Bonchev–Trinajstić information content (AvgIpc) is 2.50. The van der Waals surface area contributed by atoms with Gasteiger partial charge in [0.25, 0.3) is 0 Å². The molecule has 1 aliphatic rings. The van der Waals surface area contributed by atoms with Gasteiger partial charge in [-0.2, -0.15) is 0 Å². The molecule has 0 radical (unpaired) electrons. The van der Waals surface area contributed by atoms with Gasteiger partial charge in [0, 0.05) is 25.2 Å². The average molecular weight is 271 g/mol. The number of rotatable bonds is 3. The second-order valence-electron chi connectivity index (χ2n) is 5.47. The van der Waals surface area contributed by atoms with E-state index in [9.17, 15) is 5.11 Å². The molecule has 3 rings (SSSR count). The van der Waals surface area contributed by atoms with E-state index in [1.165, 1.54) is 16.3 Å². The van der Waals surface area contributed by atoms with E-state index in [1.54, 1.807) is 7.11 Å². The van der Waals surface area contributed by atoms with Gasteiger partial charge in [-0.05, 0) is 29.7 Å². The molecule has 0 aliphatic carbocycles. The number of likely N-dealkylation sites (tertiary alicyclic amines) is 1. The van der Waals surface area contributed by atoms with Crippen LogP contribution in [0.2, 0.25) is 0 Å². The Morgan fingerprint density at radius 3 is 2.65 bits per heavy atom. The number of ether oxygens (including phenoxy) is 1. The molecule has 3 heteroatoms. The molecule has 20 heavy (non-hydrogen) atoms. The molecule has 1 heterocycles. The first-order chi connectivity index (χ1) is 9.78. The largest absolute Gasteiger partial charge is 0.496 e. The zero-order valence-corrected chi connectivity index (χ0v) is 11.9. The third-order valence-electron chi connectivity index (χ3n) is 4.16. The first kappa shape index (κ1) is 13.4. The summed E-state index contributed by atoms with van der Waals surface area (Å²) in [6, 6.07) is 12.6. The molecule has 0 aromatic heterocycles. The van der Waals surface area contributed by atoms with E-state index in [0.717, 1.165) is 38.2 Å². The second kappa shape index (κ2) is 5.81. The Bertz CT molecular complexity index is 589. The van der Waals surface area contributed by atoms with Gasteiger partial charge in [-0.15, -0.1) is 0 Å².